The molecule has 1 N–H and O–H groups in total. The maximum Gasteiger partial charge on any atom is 0.414 e. The average Bonchev–Trinajstić information content (AvgIpc) is 2.15. The van der Waals surface area contributed by atoms with Crippen molar-refractivity contribution in [2.75, 3.05) is 6.61 Å². The van der Waals surface area contributed by atoms with Gasteiger partial charge < -0.3 is 0 Å². The normalized spacial score (nSPS) is 11.2. The Morgan fingerprint density at radius 1 is 1.44 bits per heavy atom. The first kappa shape index (κ1) is 13.0. The zero-order valence-corrected chi connectivity index (χ0v) is 9.43. The molecular formula is C9H7BrF3NO2. The van der Waals surface area contributed by atoms with Gasteiger partial charge in [0.05, 0.1) is 0 Å². The van der Waals surface area contributed by atoms with Crippen molar-refractivity contribution < 1.29 is 22.8 Å². The van der Waals surface area contributed by atoms with Gasteiger partial charge in [0.2, 0.25) is 0 Å². The van der Waals surface area contributed by atoms with E-state index >= 15 is 0 Å². The molecule has 0 atom stereocenters. The number of halogens is 4. The van der Waals surface area contributed by atoms with Crippen LogP contribution in [0.5, 0.6) is 0 Å². The highest BCUT2D eigenvalue weighted by Crippen LogP contribution is 2.14. The molecule has 0 heterocycles. The van der Waals surface area contributed by atoms with Crippen LogP contribution in [0.4, 0.5) is 13.2 Å². The summed E-state index contributed by atoms with van der Waals surface area (Å²) >= 11 is 3.13. The number of hydrogen-bond acceptors (Lipinski definition) is 2. The van der Waals surface area contributed by atoms with E-state index in [0.29, 0.717) is 4.47 Å². The Morgan fingerprint density at radius 3 is 2.69 bits per heavy atom. The van der Waals surface area contributed by atoms with Gasteiger partial charge in [-0.3, -0.25) is 9.63 Å². The van der Waals surface area contributed by atoms with Crippen molar-refractivity contribution in [1.29, 1.82) is 0 Å². The zero-order chi connectivity index (χ0) is 12.2. The number of carbonyl (C=O) groups is 1. The predicted molar refractivity (Wildman–Crippen MR) is 53.6 cm³/mol. The van der Waals surface area contributed by atoms with Crippen LogP contribution in [0.25, 0.3) is 0 Å². The lowest BCUT2D eigenvalue weighted by molar-refractivity contribution is -0.184. The van der Waals surface area contributed by atoms with Gasteiger partial charge in [-0.05, 0) is 18.2 Å². The molecule has 88 valence electrons. The zero-order valence-electron chi connectivity index (χ0n) is 7.84. The number of nitrogens with one attached hydrogen (secondary N) is 1. The summed E-state index contributed by atoms with van der Waals surface area (Å²) in [5.74, 6) is -0.731. The van der Waals surface area contributed by atoms with Crippen molar-refractivity contribution in [3.63, 3.8) is 0 Å². The van der Waals surface area contributed by atoms with Gasteiger partial charge in [0, 0.05) is 10.0 Å². The van der Waals surface area contributed by atoms with Gasteiger partial charge in [-0.1, -0.05) is 22.0 Å². The van der Waals surface area contributed by atoms with Crippen LogP contribution in [-0.2, 0) is 4.84 Å². The van der Waals surface area contributed by atoms with Crippen LogP contribution < -0.4 is 5.48 Å². The van der Waals surface area contributed by atoms with Crippen LogP contribution in [0.15, 0.2) is 28.7 Å². The van der Waals surface area contributed by atoms with Gasteiger partial charge in [-0.15, -0.1) is 0 Å². The summed E-state index contributed by atoms with van der Waals surface area (Å²) in [5, 5.41) is 0. The second-order valence-electron chi connectivity index (χ2n) is 2.85. The molecular weight excluding hydrogens is 291 g/mol. The van der Waals surface area contributed by atoms with Gasteiger partial charge in [-0.2, -0.15) is 13.2 Å². The van der Waals surface area contributed by atoms with E-state index in [2.05, 4.69) is 20.8 Å². The van der Waals surface area contributed by atoms with Crippen molar-refractivity contribution in [2.45, 2.75) is 6.18 Å². The van der Waals surface area contributed by atoms with E-state index in [0.717, 1.165) is 0 Å². The molecule has 0 saturated heterocycles. The quantitative estimate of drug-likeness (QED) is 0.871. The molecule has 0 aromatic heterocycles. The Morgan fingerprint density at radius 2 is 2.12 bits per heavy atom. The third-order valence-corrected chi connectivity index (χ3v) is 1.98. The van der Waals surface area contributed by atoms with Gasteiger partial charge in [0.15, 0.2) is 6.61 Å². The van der Waals surface area contributed by atoms with Crippen molar-refractivity contribution >= 4 is 21.8 Å². The maximum absolute atomic E-state index is 11.7. The van der Waals surface area contributed by atoms with E-state index in [1.165, 1.54) is 12.1 Å². The minimum atomic E-state index is -4.47. The molecule has 0 unspecified atom stereocenters. The Bertz CT molecular complexity index is 381. The Hall–Kier alpha value is -1.08. The van der Waals surface area contributed by atoms with Gasteiger partial charge >= 0.3 is 6.18 Å². The predicted octanol–water partition coefficient (Wildman–Crippen LogP) is 2.67. The topological polar surface area (TPSA) is 38.3 Å². The summed E-state index contributed by atoms with van der Waals surface area (Å²) in [4.78, 5) is 15.3. The number of hydroxylamine groups is 1. The largest absolute Gasteiger partial charge is 0.414 e. The highest BCUT2D eigenvalue weighted by Gasteiger charge is 2.28. The number of rotatable bonds is 3. The Balaban J connectivity index is 2.47. The summed E-state index contributed by atoms with van der Waals surface area (Å²) in [6.07, 6.45) is -4.47. The number of carbonyl (C=O) groups excluding carboxylic acids is 1. The van der Waals surface area contributed by atoms with Gasteiger partial charge in [0.1, 0.15) is 0 Å². The van der Waals surface area contributed by atoms with E-state index < -0.39 is 18.7 Å². The van der Waals surface area contributed by atoms with E-state index in [4.69, 9.17) is 0 Å². The summed E-state index contributed by atoms with van der Waals surface area (Å²) in [7, 11) is 0. The summed E-state index contributed by atoms with van der Waals surface area (Å²) in [6, 6.07) is 6.19. The fourth-order valence-corrected chi connectivity index (χ4v) is 1.27. The molecule has 7 heteroatoms. The van der Waals surface area contributed by atoms with Crippen LogP contribution in [0.3, 0.4) is 0 Å². The molecule has 0 radical (unpaired) electrons. The first-order valence-corrected chi connectivity index (χ1v) is 4.92. The van der Waals surface area contributed by atoms with Crippen LogP contribution >= 0.6 is 15.9 Å². The number of amides is 1. The molecule has 1 aromatic rings. The third kappa shape index (κ3) is 4.63. The molecule has 0 fully saturated rings. The van der Waals surface area contributed by atoms with Gasteiger partial charge in [-0.25, -0.2) is 5.48 Å². The summed E-state index contributed by atoms with van der Waals surface area (Å²) in [5.41, 5.74) is 1.91. The average molecular weight is 298 g/mol. The lowest BCUT2D eigenvalue weighted by Crippen LogP contribution is -2.29. The van der Waals surface area contributed by atoms with Crippen LogP contribution in [0.1, 0.15) is 10.4 Å². The number of alkyl halides is 3. The van der Waals surface area contributed by atoms with Crippen LogP contribution in [0, 0.1) is 0 Å². The third-order valence-electron chi connectivity index (χ3n) is 1.49. The fourth-order valence-electron chi connectivity index (χ4n) is 0.872. The van der Waals surface area contributed by atoms with E-state index in [-0.39, 0.29) is 5.56 Å². The molecule has 0 spiro atoms. The lowest BCUT2D eigenvalue weighted by Gasteiger charge is -2.08. The maximum atomic E-state index is 11.7. The van der Waals surface area contributed by atoms with Crippen molar-refractivity contribution in [1.82, 2.24) is 5.48 Å². The van der Waals surface area contributed by atoms with Crippen molar-refractivity contribution in [2.24, 2.45) is 0 Å². The van der Waals surface area contributed by atoms with E-state index in [1.54, 1.807) is 17.6 Å². The Labute approximate surface area is 97.7 Å². The second kappa shape index (κ2) is 5.31. The molecule has 0 bridgehead atoms. The molecule has 0 aliphatic heterocycles. The SMILES string of the molecule is O=C(NOCC(F)(F)F)c1cccc(Br)c1. The van der Waals surface area contributed by atoms with Crippen molar-refractivity contribution in [3.05, 3.63) is 34.3 Å². The highest BCUT2D eigenvalue weighted by atomic mass is 79.9. The summed E-state index contributed by atoms with van der Waals surface area (Å²) < 4.78 is 35.7. The smallest absolute Gasteiger partial charge is 0.267 e. The lowest BCUT2D eigenvalue weighted by atomic mass is 10.2. The summed E-state index contributed by atoms with van der Waals surface area (Å²) in [6.45, 7) is -1.52. The molecule has 1 aromatic carbocycles. The minimum absolute atomic E-state index is 0.205. The standard InChI is InChI=1S/C9H7BrF3NO2/c10-7-3-1-2-6(4-7)8(15)14-16-5-9(11,12)13/h1-4H,5H2,(H,14,15). The molecule has 0 saturated carbocycles. The van der Waals surface area contributed by atoms with Crippen LogP contribution in [0.2, 0.25) is 0 Å². The van der Waals surface area contributed by atoms with Crippen LogP contribution in [-0.4, -0.2) is 18.7 Å². The molecule has 0 aliphatic rings. The molecule has 1 rings (SSSR count). The number of hydrogen-bond donors (Lipinski definition) is 1. The van der Waals surface area contributed by atoms with Gasteiger partial charge in [0.25, 0.3) is 5.91 Å². The molecule has 1 amide bonds. The fraction of sp³-hybridized carbons (Fsp3) is 0.222. The van der Waals surface area contributed by atoms with E-state index in [1.807, 2.05) is 0 Å². The second-order valence-corrected chi connectivity index (χ2v) is 3.76. The molecule has 0 aliphatic carbocycles. The van der Waals surface area contributed by atoms with E-state index in [9.17, 15) is 18.0 Å². The monoisotopic (exact) mass is 297 g/mol. The Kier molecular flexibility index (Phi) is 4.31. The minimum Gasteiger partial charge on any atom is -0.267 e. The first-order chi connectivity index (χ1) is 7.38. The molecule has 16 heavy (non-hydrogen) atoms. The molecule has 3 nitrogen and oxygen atoms in total. The number of benzene rings is 1. The van der Waals surface area contributed by atoms with Crippen molar-refractivity contribution in [3.8, 4) is 0 Å². The first-order valence-electron chi connectivity index (χ1n) is 4.13. The highest BCUT2D eigenvalue weighted by molar-refractivity contribution is 9.10.